The molecule has 1 amide bonds. The fourth-order valence-electron chi connectivity index (χ4n) is 3.64. The molecule has 0 N–H and O–H groups in total. The molecule has 0 spiro atoms. The third-order valence-corrected chi connectivity index (χ3v) is 4.88. The Bertz CT molecular complexity index is 941. The maximum absolute atomic E-state index is 13.1. The number of nitrogens with zero attached hydrogens (tertiary/aromatic N) is 4. The lowest BCUT2D eigenvalue weighted by Gasteiger charge is -2.27. The fourth-order valence-corrected chi connectivity index (χ4v) is 3.64. The van der Waals surface area contributed by atoms with Crippen molar-refractivity contribution in [3.63, 3.8) is 0 Å². The fraction of sp³-hybridized carbons (Fsp3) is 0.389. The molecule has 1 aliphatic rings. The van der Waals surface area contributed by atoms with Crippen LogP contribution in [0.3, 0.4) is 0 Å². The molecule has 4 rings (SSSR count). The molecule has 25 heavy (non-hydrogen) atoms. The van der Waals surface area contributed by atoms with Crippen LogP contribution in [0.4, 0.5) is 0 Å². The van der Waals surface area contributed by atoms with Crippen LogP contribution in [-0.4, -0.2) is 37.7 Å². The number of fused-ring (bicyclic) bond motifs is 1. The van der Waals surface area contributed by atoms with E-state index in [1.165, 1.54) is 4.57 Å². The van der Waals surface area contributed by atoms with Crippen molar-refractivity contribution in [2.24, 2.45) is 0 Å². The minimum absolute atomic E-state index is 0.0525. The molecule has 1 aromatic carbocycles. The van der Waals surface area contributed by atoms with Crippen LogP contribution in [-0.2, 0) is 11.3 Å². The molecule has 3 heterocycles. The highest BCUT2D eigenvalue weighted by molar-refractivity contribution is 5.83. The number of hydrogen-bond acceptors (Lipinski definition) is 4. The van der Waals surface area contributed by atoms with E-state index >= 15 is 0 Å². The number of oxazole rings is 1. The van der Waals surface area contributed by atoms with Crippen molar-refractivity contribution >= 4 is 17.0 Å². The maximum Gasteiger partial charge on any atom is 0.420 e. The normalized spacial score (nSPS) is 18.8. The van der Waals surface area contributed by atoms with E-state index in [4.69, 9.17) is 4.42 Å². The SMILES string of the molecule is C[C@@H](C(=O)N1CCC[C@@H]1Cn1cccn1)n1c(=O)oc2ccccc21. The lowest BCUT2D eigenvalue weighted by atomic mass is 10.2. The summed E-state index contributed by atoms with van der Waals surface area (Å²) in [6.45, 7) is 3.14. The Kier molecular flexibility index (Phi) is 3.91. The number of para-hydroxylation sites is 2. The number of benzene rings is 1. The monoisotopic (exact) mass is 340 g/mol. The van der Waals surface area contributed by atoms with Crippen molar-refractivity contribution in [3.05, 3.63) is 53.3 Å². The second-order valence-corrected chi connectivity index (χ2v) is 6.44. The van der Waals surface area contributed by atoms with Gasteiger partial charge < -0.3 is 9.32 Å². The molecule has 0 aliphatic carbocycles. The van der Waals surface area contributed by atoms with E-state index < -0.39 is 11.8 Å². The zero-order valence-corrected chi connectivity index (χ0v) is 14.0. The molecule has 1 saturated heterocycles. The summed E-state index contributed by atoms with van der Waals surface area (Å²) in [4.78, 5) is 27.2. The van der Waals surface area contributed by atoms with Crippen LogP contribution >= 0.6 is 0 Å². The second kappa shape index (κ2) is 6.23. The van der Waals surface area contributed by atoms with E-state index in [0.29, 0.717) is 24.2 Å². The molecule has 3 aromatic rings. The summed E-state index contributed by atoms with van der Waals surface area (Å²) >= 11 is 0. The van der Waals surface area contributed by atoms with Gasteiger partial charge in [-0.15, -0.1) is 0 Å². The number of hydrogen-bond donors (Lipinski definition) is 0. The summed E-state index contributed by atoms with van der Waals surface area (Å²) in [5.74, 6) is -0.548. The molecule has 0 unspecified atom stereocenters. The predicted molar refractivity (Wildman–Crippen MR) is 92.1 cm³/mol. The highest BCUT2D eigenvalue weighted by Crippen LogP contribution is 2.24. The number of carbonyl (C=O) groups is 1. The molecular formula is C18H20N4O3. The summed E-state index contributed by atoms with van der Waals surface area (Å²) in [6.07, 6.45) is 5.55. The smallest absolute Gasteiger partial charge is 0.408 e. The van der Waals surface area contributed by atoms with Gasteiger partial charge in [0.15, 0.2) is 5.58 Å². The van der Waals surface area contributed by atoms with Crippen LogP contribution in [0.2, 0.25) is 0 Å². The number of rotatable bonds is 4. The Hall–Kier alpha value is -2.83. The van der Waals surface area contributed by atoms with Gasteiger partial charge >= 0.3 is 5.76 Å². The van der Waals surface area contributed by atoms with E-state index in [2.05, 4.69) is 5.10 Å². The van der Waals surface area contributed by atoms with E-state index in [9.17, 15) is 9.59 Å². The van der Waals surface area contributed by atoms with Crippen LogP contribution in [0.5, 0.6) is 0 Å². The number of amides is 1. The Morgan fingerprint density at radius 3 is 3.00 bits per heavy atom. The first-order chi connectivity index (χ1) is 12.1. The van der Waals surface area contributed by atoms with Gasteiger partial charge in [0, 0.05) is 18.9 Å². The largest absolute Gasteiger partial charge is 0.420 e. The Labute approximate surface area is 144 Å². The van der Waals surface area contributed by atoms with Crippen LogP contribution in [0.15, 0.2) is 51.9 Å². The standard InChI is InChI=1S/C18H20N4O3/c1-13(22-15-7-2-3-8-16(15)25-18(22)24)17(23)21-11-4-6-14(21)12-20-10-5-9-19-20/h2-3,5,7-10,13-14H,4,6,11-12H2,1H3/t13-,14+/m0/s1. The molecule has 7 heteroatoms. The van der Waals surface area contributed by atoms with Crippen molar-refractivity contribution in [3.8, 4) is 0 Å². The summed E-state index contributed by atoms with van der Waals surface area (Å²) in [5, 5.41) is 4.23. The van der Waals surface area contributed by atoms with Gasteiger partial charge in [-0.1, -0.05) is 12.1 Å². The highest BCUT2D eigenvalue weighted by Gasteiger charge is 2.33. The molecule has 0 bridgehead atoms. The number of aromatic nitrogens is 3. The lowest BCUT2D eigenvalue weighted by molar-refractivity contribution is -0.135. The van der Waals surface area contributed by atoms with Gasteiger partial charge in [-0.2, -0.15) is 5.10 Å². The molecular weight excluding hydrogens is 320 g/mol. The van der Waals surface area contributed by atoms with Crippen LogP contribution in [0, 0.1) is 0 Å². The molecule has 0 saturated carbocycles. The second-order valence-electron chi connectivity index (χ2n) is 6.44. The molecule has 0 radical (unpaired) electrons. The van der Waals surface area contributed by atoms with Crippen molar-refractivity contribution < 1.29 is 9.21 Å². The summed E-state index contributed by atoms with van der Waals surface area (Å²) in [7, 11) is 0. The van der Waals surface area contributed by atoms with Crippen molar-refractivity contribution in [2.75, 3.05) is 6.54 Å². The van der Waals surface area contributed by atoms with Crippen molar-refractivity contribution in [1.29, 1.82) is 0 Å². The predicted octanol–water partition coefficient (Wildman–Crippen LogP) is 2.04. The summed E-state index contributed by atoms with van der Waals surface area (Å²) < 4.78 is 8.56. The minimum Gasteiger partial charge on any atom is -0.408 e. The number of likely N-dealkylation sites (tertiary alicyclic amines) is 1. The summed E-state index contributed by atoms with van der Waals surface area (Å²) in [5.41, 5.74) is 1.15. The van der Waals surface area contributed by atoms with E-state index in [1.54, 1.807) is 25.3 Å². The van der Waals surface area contributed by atoms with Gasteiger partial charge in [-0.05, 0) is 38.0 Å². The molecule has 2 aromatic heterocycles. The van der Waals surface area contributed by atoms with Gasteiger partial charge in [0.2, 0.25) is 5.91 Å². The minimum atomic E-state index is -0.602. The Morgan fingerprint density at radius 2 is 2.20 bits per heavy atom. The zero-order valence-electron chi connectivity index (χ0n) is 14.0. The first kappa shape index (κ1) is 15.7. The average molecular weight is 340 g/mol. The van der Waals surface area contributed by atoms with Gasteiger partial charge in [-0.3, -0.25) is 14.0 Å². The third-order valence-electron chi connectivity index (χ3n) is 4.88. The highest BCUT2D eigenvalue weighted by atomic mass is 16.4. The topological polar surface area (TPSA) is 73.3 Å². The molecule has 2 atom stereocenters. The van der Waals surface area contributed by atoms with E-state index in [1.807, 2.05) is 34.0 Å². The first-order valence-electron chi connectivity index (χ1n) is 8.53. The van der Waals surface area contributed by atoms with Crippen LogP contribution in [0.25, 0.3) is 11.1 Å². The van der Waals surface area contributed by atoms with Gasteiger partial charge in [0.25, 0.3) is 0 Å². The van der Waals surface area contributed by atoms with Crippen molar-refractivity contribution in [2.45, 2.75) is 38.4 Å². The maximum atomic E-state index is 13.1. The molecule has 1 fully saturated rings. The third kappa shape index (κ3) is 2.75. The Morgan fingerprint density at radius 1 is 1.36 bits per heavy atom. The average Bonchev–Trinajstić information content (AvgIpc) is 3.33. The Balaban J connectivity index is 1.61. The lowest BCUT2D eigenvalue weighted by Crippen LogP contribution is -2.42. The van der Waals surface area contributed by atoms with Gasteiger partial charge in [0.1, 0.15) is 6.04 Å². The quantitative estimate of drug-likeness (QED) is 0.728. The van der Waals surface area contributed by atoms with Gasteiger partial charge in [-0.25, -0.2) is 4.79 Å². The van der Waals surface area contributed by atoms with Crippen molar-refractivity contribution in [1.82, 2.24) is 19.2 Å². The van der Waals surface area contributed by atoms with Gasteiger partial charge in [0.05, 0.1) is 18.1 Å². The molecule has 7 nitrogen and oxygen atoms in total. The first-order valence-corrected chi connectivity index (χ1v) is 8.53. The number of carbonyl (C=O) groups excluding carboxylic acids is 1. The van der Waals surface area contributed by atoms with E-state index in [0.717, 1.165) is 12.8 Å². The molecule has 130 valence electrons. The molecule has 1 aliphatic heterocycles. The van der Waals surface area contributed by atoms with Crippen LogP contribution in [0.1, 0.15) is 25.8 Å². The van der Waals surface area contributed by atoms with Crippen LogP contribution < -0.4 is 5.76 Å². The summed E-state index contributed by atoms with van der Waals surface area (Å²) in [6, 6.07) is 8.55. The zero-order chi connectivity index (χ0) is 17.4. The van der Waals surface area contributed by atoms with E-state index in [-0.39, 0.29) is 11.9 Å².